The van der Waals surface area contributed by atoms with Gasteiger partial charge in [-0.05, 0) is 25.8 Å². The Kier molecular flexibility index (Phi) is 4.14. The molecule has 2 aliphatic rings. The van der Waals surface area contributed by atoms with E-state index in [4.69, 9.17) is 4.74 Å². The van der Waals surface area contributed by atoms with Crippen molar-refractivity contribution in [1.82, 2.24) is 20.2 Å². The Morgan fingerprint density at radius 2 is 2.43 bits per heavy atom. The van der Waals surface area contributed by atoms with E-state index in [2.05, 4.69) is 27.1 Å². The summed E-state index contributed by atoms with van der Waals surface area (Å²) < 4.78 is 5.50. The van der Waals surface area contributed by atoms with E-state index in [1.54, 1.807) is 0 Å². The third-order valence-corrected chi connectivity index (χ3v) is 4.32. The lowest BCUT2D eigenvalue weighted by Crippen LogP contribution is -2.50. The molecule has 6 nitrogen and oxygen atoms in total. The molecule has 3 rings (SSSR count). The maximum Gasteiger partial charge on any atom is 0.407 e. The smallest absolute Gasteiger partial charge is 0.407 e. The Morgan fingerprint density at radius 1 is 1.52 bits per heavy atom. The SMILES string of the molecule is CCCCc1ncc(CN2CCC[C@]3(CNC(=O)O3)C2)[nH]1. The van der Waals surface area contributed by atoms with Crippen molar-refractivity contribution in [3.63, 3.8) is 0 Å². The standard InChI is InChI=1S/C15H24N4O2/c1-2-3-5-13-16-8-12(18-13)9-19-7-4-6-15(11-19)10-17-14(20)21-15/h8H,2-7,9-11H2,1H3,(H,16,18)(H,17,20)/t15-/m0/s1. The number of imidazole rings is 1. The molecule has 2 N–H and O–H groups in total. The number of aromatic nitrogens is 2. The second-order valence-corrected chi connectivity index (χ2v) is 6.20. The minimum absolute atomic E-state index is 0.278. The number of likely N-dealkylation sites (tertiary alicyclic amines) is 1. The largest absolute Gasteiger partial charge is 0.440 e. The molecule has 0 bridgehead atoms. The third kappa shape index (κ3) is 3.37. The van der Waals surface area contributed by atoms with Crippen molar-refractivity contribution in [3.8, 4) is 0 Å². The summed E-state index contributed by atoms with van der Waals surface area (Å²) in [6.45, 7) is 5.51. The number of carbonyl (C=O) groups excluding carboxylic acids is 1. The van der Waals surface area contributed by atoms with Gasteiger partial charge >= 0.3 is 6.09 Å². The van der Waals surface area contributed by atoms with Crippen LogP contribution in [0.1, 0.15) is 44.1 Å². The van der Waals surface area contributed by atoms with Gasteiger partial charge in [0.15, 0.2) is 0 Å². The van der Waals surface area contributed by atoms with Gasteiger partial charge in [-0.25, -0.2) is 9.78 Å². The van der Waals surface area contributed by atoms with Gasteiger partial charge in [-0.1, -0.05) is 13.3 Å². The summed E-state index contributed by atoms with van der Waals surface area (Å²) in [4.78, 5) is 21.5. The first-order valence-corrected chi connectivity index (χ1v) is 7.91. The van der Waals surface area contributed by atoms with Crippen LogP contribution in [-0.4, -0.2) is 46.2 Å². The number of nitrogens with one attached hydrogen (secondary N) is 2. The van der Waals surface area contributed by atoms with Crippen LogP contribution in [0.2, 0.25) is 0 Å². The molecule has 0 aliphatic carbocycles. The normalized spacial score (nSPS) is 26.0. The van der Waals surface area contributed by atoms with Gasteiger partial charge in [0.25, 0.3) is 0 Å². The molecule has 2 saturated heterocycles. The molecule has 21 heavy (non-hydrogen) atoms. The number of unbranched alkanes of at least 4 members (excludes halogenated alkanes) is 1. The zero-order chi connectivity index (χ0) is 14.7. The first kappa shape index (κ1) is 14.4. The highest BCUT2D eigenvalue weighted by Gasteiger charge is 2.43. The number of rotatable bonds is 5. The van der Waals surface area contributed by atoms with Crippen LogP contribution in [-0.2, 0) is 17.7 Å². The van der Waals surface area contributed by atoms with Crippen molar-refractivity contribution in [2.75, 3.05) is 19.6 Å². The lowest BCUT2D eigenvalue weighted by atomic mass is 9.93. The fourth-order valence-corrected chi connectivity index (χ4v) is 3.25. The highest BCUT2D eigenvalue weighted by molar-refractivity contribution is 5.70. The molecule has 1 spiro atoms. The molecular weight excluding hydrogens is 268 g/mol. The molecule has 0 aromatic carbocycles. The van der Waals surface area contributed by atoms with Crippen molar-refractivity contribution >= 4 is 6.09 Å². The number of hydrogen-bond donors (Lipinski definition) is 2. The zero-order valence-electron chi connectivity index (χ0n) is 12.7. The molecule has 0 unspecified atom stereocenters. The second-order valence-electron chi connectivity index (χ2n) is 6.20. The van der Waals surface area contributed by atoms with Crippen molar-refractivity contribution in [3.05, 3.63) is 17.7 Å². The molecule has 1 atom stereocenters. The van der Waals surface area contributed by atoms with E-state index in [1.807, 2.05) is 6.20 Å². The zero-order valence-corrected chi connectivity index (χ0v) is 12.7. The van der Waals surface area contributed by atoms with E-state index < -0.39 is 0 Å². The summed E-state index contributed by atoms with van der Waals surface area (Å²) in [5.41, 5.74) is 0.829. The van der Waals surface area contributed by atoms with Crippen LogP contribution in [0.5, 0.6) is 0 Å². The molecule has 2 fully saturated rings. The Morgan fingerprint density at radius 3 is 3.19 bits per heavy atom. The number of ether oxygens (including phenoxy) is 1. The maximum absolute atomic E-state index is 11.3. The van der Waals surface area contributed by atoms with E-state index >= 15 is 0 Å². The average Bonchev–Trinajstić information content (AvgIpc) is 3.04. The summed E-state index contributed by atoms with van der Waals surface area (Å²) in [6.07, 6.45) is 7.04. The summed E-state index contributed by atoms with van der Waals surface area (Å²) >= 11 is 0. The van der Waals surface area contributed by atoms with Crippen molar-refractivity contribution < 1.29 is 9.53 Å². The predicted octanol–water partition coefficient (Wildman–Crippen LogP) is 1.83. The molecule has 2 aliphatic heterocycles. The van der Waals surface area contributed by atoms with Crippen LogP contribution in [0.15, 0.2) is 6.20 Å². The van der Waals surface area contributed by atoms with E-state index in [0.717, 1.165) is 50.4 Å². The average molecular weight is 292 g/mol. The van der Waals surface area contributed by atoms with Crippen LogP contribution in [0.4, 0.5) is 4.79 Å². The minimum Gasteiger partial charge on any atom is -0.440 e. The highest BCUT2D eigenvalue weighted by atomic mass is 16.6. The summed E-state index contributed by atoms with van der Waals surface area (Å²) in [7, 11) is 0. The molecule has 3 heterocycles. The van der Waals surface area contributed by atoms with Crippen LogP contribution in [0, 0.1) is 0 Å². The summed E-state index contributed by atoms with van der Waals surface area (Å²) in [6, 6.07) is 0. The van der Waals surface area contributed by atoms with E-state index in [0.29, 0.717) is 6.54 Å². The topological polar surface area (TPSA) is 70.2 Å². The number of aromatic amines is 1. The molecule has 0 saturated carbocycles. The van der Waals surface area contributed by atoms with Crippen molar-refractivity contribution in [2.24, 2.45) is 0 Å². The Bertz CT molecular complexity index is 502. The predicted molar refractivity (Wildman–Crippen MR) is 78.9 cm³/mol. The number of hydrogen-bond acceptors (Lipinski definition) is 4. The first-order chi connectivity index (χ1) is 10.2. The van der Waals surface area contributed by atoms with E-state index in [-0.39, 0.29) is 11.7 Å². The van der Waals surface area contributed by atoms with Crippen LogP contribution in [0.25, 0.3) is 0 Å². The molecule has 1 aromatic rings. The van der Waals surface area contributed by atoms with Gasteiger partial charge in [0.1, 0.15) is 11.4 Å². The van der Waals surface area contributed by atoms with Gasteiger partial charge in [0.2, 0.25) is 0 Å². The Hall–Kier alpha value is -1.56. The number of nitrogens with zero attached hydrogens (tertiary/aromatic N) is 2. The van der Waals surface area contributed by atoms with E-state index in [9.17, 15) is 4.79 Å². The fourth-order valence-electron chi connectivity index (χ4n) is 3.25. The molecule has 0 radical (unpaired) electrons. The van der Waals surface area contributed by atoms with Crippen LogP contribution >= 0.6 is 0 Å². The number of carbonyl (C=O) groups is 1. The Balaban J connectivity index is 1.57. The summed E-state index contributed by atoms with van der Waals surface area (Å²) in [5.74, 6) is 1.08. The first-order valence-electron chi connectivity index (χ1n) is 7.91. The van der Waals surface area contributed by atoms with Gasteiger partial charge in [0, 0.05) is 31.4 Å². The monoisotopic (exact) mass is 292 g/mol. The van der Waals surface area contributed by atoms with Gasteiger partial charge in [-0.15, -0.1) is 0 Å². The number of aryl methyl sites for hydroxylation is 1. The van der Waals surface area contributed by atoms with Crippen LogP contribution in [0.3, 0.4) is 0 Å². The van der Waals surface area contributed by atoms with Crippen molar-refractivity contribution in [1.29, 1.82) is 0 Å². The number of amides is 1. The number of piperidine rings is 1. The number of alkyl carbamates (subject to hydrolysis) is 1. The Labute approximate surface area is 125 Å². The lowest BCUT2D eigenvalue weighted by Gasteiger charge is -2.37. The molecular formula is C15H24N4O2. The van der Waals surface area contributed by atoms with Gasteiger partial charge < -0.3 is 15.0 Å². The van der Waals surface area contributed by atoms with Gasteiger partial charge in [-0.3, -0.25) is 4.90 Å². The minimum atomic E-state index is -0.319. The summed E-state index contributed by atoms with van der Waals surface area (Å²) in [5, 5.41) is 2.78. The quantitative estimate of drug-likeness (QED) is 0.868. The highest BCUT2D eigenvalue weighted by Crippen LogP contribution is 2.28. The number of H-pyrrole nitrogens is 1. The van der Waals surface area contributed by atoms with E-state index in [1.165, 1.54) is 12.8 Å². The second kappa shape index (κ2) is 6.05. The fraction of sp³-hybridized carbons (Fsp3) is 0.733. The van der Waals surface area contributed by atoms with Crippen molar-refractivity contribution in [2.45, 2.75) is 51.2 Å². The van der Waals surface area contributed by atoms with Gasteiger partial charge in [0.05, 0.1) is 6.54 Å². The lowest BCUT2D eigenvalue weighted by molar-refractivity contribution is -0.0114. The maximum atomic E-state index is 11.3. The third-order valence-electron chi connectivity index (χ3n) is 4.32. The molecule has 6 heteroatoms. The molecule has 116 valence electrons. The van der Waals surface area contributed by atoms with Crippen LogP contribution < -0.4 is 5.32 Å². The van der Waals surface area contributed by atoms with Gasteiger partial charge in [-0.2, -0.15) is 0 Å². The molecule has 1 aromatic heterocycles. The molecule has 1 amide bonds.